The second-order valence-corrected chi connectivity index (χ2v) is 7.64. The van der Waals surface area contributed by atoms with Crippen LogP contribution in [0, 0.1) is 0 Å². The van der Waals surface area contributed by atoms with Crippen molar-refractivity contribution in [3.8, 4) is 0 Å². The number of nitrogens with one attached hydrogen (secondary N) is 1. The SMILES string of the molecule is COCC[C@@]1(C[C@@H](N)CS)CNCCN1C(=O)c1cccc2ccccc12.Cl.Cl. The summed E-state index contributed by atoms with van der Waals surface area (Å²) in [6.45, 7) is 2.74. The molecular formula is C21H31Cl2N3O2S. The van der Waals surface area contributed by atoms with E-state index in [0.717, 1.165) is 29.3 Å². The lowest BCUT2D eigenvalue weighted by atomic mass is 9.84. The normalized spacial score (nSPS) is 19.9. The molecule has 0 saturated carbocycles. The molecule has 2 aromatic rings. The van der Waals surface area contributed by atoms with E-state index in [1.165, 1.54) is 0 Å². The van der Waals surface area contributed by atoms with Gasteiger partial charge in [0.05, 0.1) is 5.54 Å². The Morgan fingerprint density at radius 1 is 1.28 bits per heavy atom. The second-order valence-electron chi connectivity index (χ2n) is 7.27. The van der Waals surface area contributed by atoms with Crippen molar-refractivity contribution in [2.45, 2.75) is 24.4 Å². The van der Waals surface area contributed by atoms with Gasteiger partial charge >= 0.3 is 0 Å². The molecule has 162 valence electrons. The Bertz CT molecular complexity index is 790. The quantitative estimate of drug-likeness (QED) is 0.556. The Hall–Kier alpha value is -1.02. The summed E-state index contributed by atoms with van der Waals surface area (Å²) in [5, 5.41) is 5.52. The summed E-state index contributed by atoms with van der Waals surface area (Å²) in [5.74, 6) is 0.654. The molecule has 2 atom stereocenters. The van der Waals surface area contributed by atoms with E-state index in [1.54, 1.807) is 7.11 Å². The molecule has 1 amide bonds. The third-order valence-electron chi connectivity index (χ3n) is 5.45. The minimum absolute atomic E-state index is 0. The second kappa shape index (κ2) is 12.0. The Morgan fingerprint density at radius 3 is 2.72 bits per heavy atom. The first-order valence-electron chi connectivity index (χ1n) is 9.47. The molecule has 0 radical (unpaired) electrons. The number of thiol groups is 1. The predicted octanol–water partition coefficient (Wildman–Crippen LogP) is 3.15. The molecule has 8 heteroatoms. The van der Waals surface area contributed by atoms with Gasteiger partial charge in [-0.1, -0.05) is 36.4 Å². The van der Waals surface area contributed by atoms with Gasteiger partial charge in [-0.25, -0.2) is 0 Å². The number of ether oxygens (including phenoxy) is 1. The summed E-state index contributed by atoms with van der Waals surface area (Å²) in [7, 11) is 1.69. The summed E-state index contributed by atoms with van der Waals surface area (Å²) in [6.07, 6.45) is 1.44. The van der Waals surface area contributed by atoms with Gasteiger partial charge in [-0.15, -0.1) is 24.8 Å². The van der Waals surface area contributed by atoms with Crippen LogP contribution in [-0.4, -0.2) is 61.5 Å². The first-order chi connectivity index (χ1) is 13.1. The van der Waals surface area contributed by atoms with Crippen LogP contribution in [0.2, 0.25) is 0 Å². The van der Waals surface area contributed by atoms with Gasteiger partial charge in [-0.2, -0.15) is 12.6 Å². The van der Waals surface area contributed by atoms with Gasteiger partial charge in [0, 0.05) is 50.7 Å². The predicted molar refractivity (Wildman–Crippen MR) is 128 cm³/mol. The van der Waals surface area contributed by atoms with Gasteiger partial charge in [0.2, 0.25) is 0 Å². The molecule has 0 aliphatic carbocycles. The number of carbonyl (C=O) groups excluding carboxylic acids is 1. The highest BCUT2D eigenvalue weighted by Gasteiger charge is 2.42. The number of methoxy groups -OCH3 is 1. The number of hydrogen-bond donors (Lipinski definition) is 3. The van der Waals surface area contributed by atoms with Gasteiger partial charge in [-0.3, -0.25) is 4.79 Å². The van der Waals surface area contributed by atoms with Crippen LogP contribution >= 0.6 is 37.4 Å². The molecule has 0 bridgehead atoms. The maximum atomic E-state index is 13.7. The molecule has 0 aromatic heterocycles. The number of benzene rings is 2. The zero-order chi connectivity index (χ0) is 19.3. The average molecular weight is 460 g/mol. The third-order valence-corrected chi connectivity index (χ3v) is 5.92. The van der Waals surface area contributed by atoms with Gasteiger partial charge in [0.15, 0.2) is 0 Å². The van der Waals surface area contributed by atoms with Crippen molar-refractivity contribution in [1.82, 2.24) is 10.2 Å². The number of amides is 1. The summed E-state index contributed by atoms with van der Waals surface area (Å²) in [5.41, 5.74) is 6.65. The first kappa shape index (κ1) is 26.0. The van der Waals surface area contributed by atoms with Crippen LogP contribution in [-0.2, 0) is 4.74 Å². The first-order valence-corrected chi connectivity index (χ1v) is 10.1. The molecule has 1 aliphatic heterocycles. The number of fused-ring (bicyclic) bond motifs is 1. The molecule has 3 N–H and O–H groups in total. The van der Waals surface area contributed by atoms with Crippen LogP contribution in [0.3, 0.4) is 0 Å². The monoisotopic (exact) mass is 459 g/mol. The molecule has 0 spiro atoms. The van der Waals surface area contributed by atoms with E-state index < -0.39 is 0 Å². The summed E-state index contributed by atoms with van der Waals surface area (Å²) < 4.78 is 5.36. The molecule has 5 nitrogen and oxygen atoms in total. The molecule has 1 heterocycles. The van der Waals surface area contributed by atoms with Crippen molar-refractivity contribution in [1.29, 1.82) is 0 Å². The van der Waals surface area contributed by atoms with Crippen LogP contribution < -0.4 is 11.1 Å². The number of piperazine rings is 1. The fourth-order valence-corrected chi connectivity index (χ4v) is 4.20. The summed E-state index contributed by atoms with van der Waals surface area (Å²) in [6, 6.07) is 13.9. The highest BCUT2D eigenvalue weighted by molar-refractivity contribution is 7.80. The highest BCUT2D eigenvalue weighted by atomic mass is 35.5. The van der Waals surface area contributed by atoms with E-state index in [1.807, 2.05) is 47.4 Å². The highest BCUT2D eigenvalue weighted by Crippen LogP contribution is 2.31. The van der Waals surface area contributed by atoms with E-state index in [4.69, 9.17) is 10.5 Å². The standard InChI is InChI=1S/C21H29N3O2S.2ClH/c1-26-12-9-21(13-17(22)14-27)15-23-10-11-24(21)20(25)19-8-4-6-16-5-2-3-7-18(16)19;;/h2-8,17,23,27H,9-15,22H2,1H3;2*1H/t17-,21-;;/m1../s1. The molecule has 1 aliphatic rings. The van der Waals surface area contributed by atoms with Crippen LogP contribution in [0.1, 0.15) is 23.2 Å². The molecule has 2 aromatic carbocycles. The molecule has 1 fully saturated rings. The van der Waals surface area contributed by atoms with Gasteiger partial charge in [-0.05, 0) is 29.7 Å². The lowest BCUT2D eigenvalue weighted by molar-refractivity contribution is 0.0180. The van der Waals surface area contributed by atoms with E-state index in [-0.39, 0.29) is 42.3 Å². The Balaban J connectivity index is 0.00000210. The molecule has 1 saturated heterocycles. The van der Waals surface area contributed by atoms with E-state index in [0.29, 0.717) is 31.9 Å². The van der Waals surface area contributed by atoms with Gasteiger partial charge in [0.1, 0.15) is 0 Å². The van der Waals surface area contributed by atoms with Crippen molar-refractivity contribution >= 4 is 54.1 Å². The summed E-state index contributed by atoms with van der Waals surface area (Å²) >= 11 is 4.36. The third kappa shape index (κ3) is 5.78. The Kier molecular flexibility index (Phi) is 10.8. The molecule has 29 heavy (non-hydrogen) atoms. The maximum absolute atomic E-state index is 13.7. The Morgan fingerprint density at radius 2 is 2.00 bits per heavy atom. The lowest BCUT2D eigenvalue weighted by Crippen LogP contribution is -2.65. The maximum Gasteiger partial charge on any atom is 0.255 e. The lowest BCUT2D eigenvalue weighted by Gasteiger charge is -2.49. The van der Waals surface area contributed by atoms with Gasteiger partial charge in [0.25, 0.3) is 5.91 Å². The minimum atomic E-state index is -0.371. The largest absolute Gasteiger partial charge is 0.385 e. The topological polar surface area (TPSA) is 67.6 Å². The van der Waals surface area contributed by atoms with Crippen molar-refractivity contribution < 1.29 is 9.53 Å². The van der Waals surface area contributed by atoms with Crippen molar-refractivity contribution in [3.63, 3.8) is 0 Å². The molecular weight excluding hydrogens is 429 g/mol. The number of halogens is 2. The van der Waals surface area contributed by atoms with Crippen molar-refractivity contribution in [2.75, 3.05) is 39.1 Å². The van der Waals surface area contributed by atoms with Crippen LogP contribution in [0.5, 0.6) is 0 Å². The number of nitrogens with two attached hydrogens (primary N) is 1. The molecule has 3 rings (SSSR count). The van der Waals surface area contributed by atoms with E-state index >= 15 is 0 Å². The van der Waals surface area contributed by atoms with Crippen LogP contribution in [0.25, 0.3) is 10.8 Å². The fraction of sp³-hybridized carbons (Fsp3) is 0.476. The average Bonchev–Trinajstić information content (AvgIpc) is 2.71. The zero-order valence-corrected chi connectivity index (χ0v) is 19.2. The fourth-order valence-electron chi connectivity index (χ4n) is 4.07. The minimum Gasteiger partial charge on any atom is -0.385 e. The van der Waals surface area contributed by atoms with E-state index in [2.05, 4.69) is 17.9 Å². The van der Waals surface area contributed by atoms with Crippen LogP contribution in [0.15, 0.2) is 42.5 Å². The number of rotatable bonds is 7. The van der Waals surface area contributed by atoms with Crippen molar-refractivity contribution in [2.24, 2.45) is 5.73 Å². The number of carbonyl (C=O) groups is 1. The number of hydrogen-bond acceptors (Lipinski definition) is 5. The van der Waals surface area contributed by atoms with Crippen molar-refractivity contribution in [3.05, 3.63) is 48.0 Å². The van der Waals surface area contributed by atoms with Crippen LogP contribution in [0.4, 0.5) is 0 Å². The Labute approximate surface area is 191 Å². The zero-order valence-electron chi connectivity index (χ0n) is 16.7. The smallest absolute Gasteiger partial charge is 0.255 e. The van der Waals surface area contributed by atoms with E-state index in [9.17, 15) is 4.79 Å². The van der Waals surface area contributed by atoms with Gasteiger partial charge < -0.3 is 20.7 Å². The molecule has 0 unspecified atom stereocenters. The number of nitrogens with zero attached hydrogens (tertiary/aromatic N) is 1. The summed E-state index contributed by atoms with van der Waals surface area (Å²) in [4.78, 5) is 15.7.